The molecule has 1 aliphatic carbocycles. The van der Waals surface area contributed by atoms with Gasteiger partial charge in [-0.15, -0.1) is 12.4 Å². The zero-order valence-electron chi connectivity index (χ0n) is 22.6. The zero-order chi connectivity index (χ0) is 27.2. The standard InChI is InChI=1S/C28H33FN6O3.ClH/c1-17(2)33-16-23(34(27(33)38)20-9-5-18(29)6-10-20)22-13-14-30-26(32-22)31-19-7-11-21(12-8-19)35-24(36)15-28(3,4)25(35)37;/h5-6,9-10,13-14,16-17,19,21H,7-8,11-12,15H2,1-4H3,(H,30,31,32);1H. The first-order valence-electron chi connectivity index (χ1n) is 13.1. The number of carbonyl (C=O) groups is 2. The van der Waals surface area contributed by atoms with E-state index in [1.807, 2.05) is 27.7 Å². The third-order valence-corrected chi connectivity index (χ3v) is 7.53. The van der Waals surface area contributed by atoms with Crippen molar-refractivity contribution >= 4 is 30.2 Å². The molecule has 0 bridgehead atoms. The van der Waals surface area contributed by atoms with E-state index in [2.05, 4.69) is 10.3 Å². The Morgan fingerprint density at radius 1 is 1.03 bits per heavy atom. The molecule has 2 fully saturated rings. The number of benzene rings is 1. The van der Waals surface area contributed by atoms with Crippen LogP contribution in [0.5, 0.6) is 0 Å². The van der Waals surface area contributed by atoms with E-state index >= 15 is 0 Å². The van der Waals surface area contributed by atoms with Gasteiger partial charge in [0.1, 0.15) is 5.82 Å². The highest BCUT2D eigenvalue weighted by Crippen LogP contribution is 2.36. The van der Waals surface area contributed by atoms with Gasteiger partial charge >= 0.3 is 5.69 Å². The maximum absolute atomic E-state index is 13.6. The van der Waals surface area contributed by atoms with Crippen LogP contribution in [0, 0.1) is 11.2 Å². The second kappa shape index (κ2) is 10.9. The highest BCUT2D eigenvalue weighted by atomic mass is 35.5. The van der Waals surface area contributed by atoms with Crippen molar-refractivity contribution in [2.24, 2.45) is 5.41 Å². The van der Waals surface area contributed by atoms with Crippen LogP contribution in [0.1, 0.15) is 65.8 Å². The number of carbonyl (C=O) groups excluding carboxylic acids is 2. The molecule has 0 spiro atoms. The van der Waals surface area contributed by atoms with Crippen molar-refractivity contribution in [3.05, 3.63) is 59.0 Å². The van der Waals surface area contributed by atoms with Gasteiger partial charge in [-0.1, -0.05) is 13.8 Å². The molecule has 3 heterocycles. The number of imidazole rings is 1. The molecule has 9 nitrogen and oxygen atoms in total. The molecule has 0 atom stereocenters. The number of hydrogen-bond acceptors (Lipinski definition) is 6. The largest absolute Gasteiger partial charge is 0.351 e. The summed E-state index contributed by atoms with van der Waals surface area (Å²) in [7, 11) is 0. The van der Waals surface area contributed by atoms with Crippen molar-refractivity contribution < 1.29 is 14.0 Å². The molecule has 1 saturated carbocycles. The molecular formula is C28H34ClFN6O3. The molecule has 2 amide bonds. The normalized spacial score (nSPS) is 20.8. The second-order valence-corrected chi connectivity index (χ2v) is 11.2. The number of nitrogens with one attached hydrogen (secondary N) is 1. The molecule has 3 aromatic rings. The maximum Gasteiger partial charge on any atom is 0.333 e. The minimum atomic E-state index is -0.621. The molecule has 1 N–H and O–H groups in total. The third-order valence-electron chi connectivity index (χ3n) is 7.53. The Hall–Kier alpha value is -3.53. The van der Waals surface area contributed by atoms with E-state index in [1.54, 1.807) is 35.2 Å². The molecule has 11 heteroatoms. The van der Waals surface area contributed by atoms with Crippen LogP contribution in [-0.4, -0.2) is 47.9 Å². The molecule has 0 unspecified atom stereocenters. The Balaban J connectivity index is 0.00000353. The lowest BCUT2D eigenvalue weighted by Crippen LogP contribution is -2.45. The van der Waals surface area contributed by atoms with Crippen molar-refractivity contribution in [2.45, 2.75) is 77.9 Å². The average Bonchev–Trinajstić information content (AvgIpc) is 3.32. The first kappa shape index (κ1) is 28.5. The number of rotatable bonds is 6. The summed E-state index contributed by atoms with van der Waals surface area (Å²) in [5, 5.41) is 3.40. The number of hydrogen-bond donors (Lipinski definition) is 1. The summed E-state index contributed by atoms with van der Waals surface area (Å²) in [4.78, 5) is 49.0. The second-order valence-electron chi connectivity index (χ2n) is 11.2. The summed E-state index contributed by atoms with van der Waals surface area (Å²) >= 11 is 0. The van der Waals surface area contributed by atoms with Crippen molar-refractivity contribution in [3.8, 4) is 17.1 Å². The van der Waals surface area contributed by atoms with Crippen LogP contribution < -0.4 is 11.0 Å². The Labute approximate surface area is 232 Å². The summed E-state index contributed by atoms with van der Waals surface area (Å²) < 4.78 is 16.7. The van der Waals surface area contributed by atoms with Gasteiger partial charge in [-0.2, -0.15) is 0 Å². The van der Waals surface area contributed by atoms with E-state index < -0.39 is 5.41 Å². The fourth-order valence-corrected chi connectivity index (χ4v) is 5.43. The first-order chi connectivity index (χ1) is 18.0. The summed E-state index contributed by atoms with van der Waals surface area (Å²) in [5.74, 6) is -0.0867. The monoisotopic (exact) mass is 556 g/mol. The van der Waals surface area contributed by atoms with E-state index in [-0.39, 0.29) is 60.3 Å². The number of anilines is 1. The summed E-state index contributed by atoms with van der Waals surface area (Å²) in [6.45, 7) is 7.51. The summed E-state index contributed by atoms with van der Waals surface area (Å²) in [6, 6.07) is 7.50. The van der Waals surface area contributed by atoms with Gasteiger partial charge in [0, 0.05) is 36.9 Å². The lowest BCUT2D eigenvalue weighted by atomic mass is 9.89. The highest BCUT2D eigenvalue weighted by molar-refractivity contribution is 6.05. The molecule has 208 valence electrons. The molecule has 1 aromatic carbocycles. The van der Waals surface area contributed by atoms with Crippen LogP contribution >= 0.6 is 12.4 Å². The van der Waals surface area contributed by atoms with Gasteiger partial charge in [-0.3, -0.25) is 23.6 Å². The SMILES string of the molecule is CC(C)n1cc(-c2ccnc(NC3CCC(N4C(=O)CC(C)(C)C4=O)CC3)n2)n(-c2ccc(F)cc2)c1=O.Cl. The Morgan fingerprint density at radius 2 is 1.69 bits per heavy atom. The fraction of sp³-hybridized carbons (Fsp3) is 0.464. The van der Waals surface area contributed by atoms with Crippen LogP contribution in [-0.2, 0) is 9.59 Å². The predicted molar refractivity (Wildman–Crippen MR) is 149 cm³/mol. The topological polar surface area (TPSA) is 102 Å². The van der Waals surface area contributed by atoms with Gasteiger partial charge < -0.3 is 5.32 Å². The molecular weight excluding hydrogens is 523 g/mol. The fourth-order valence-electron chi connectivity index (χ4n) is 5.43. The smallest absolute Gasteiger partial charge is 0.333 e. The Morgan fingerprint density at radius 3 is 2.28 bits per heavy atom. The van der Waals surface area contributed by atoms with Crippen LogP contribution in [0.15, 0.2) is 47.5 Å². The minimum Gasteiger partial charge on any atom is -0.351 e. The molecule has 2 aliphatic rings. The van der Waals surface area contributed by atoms with Gasteiger partial charge in [0.05, 0.1) is 22.5 Å². The number of likely N-dealkylation sites (tertiary alicyclic amines) is 1. The molecule has 1 aliphatic heterocycles. The molecule has 1 saturated heterocycles. The van der Waals surface area contributed by atoms with Crippen molar-refractivity contribution in [3.63, 3.8) is 0 Å². The Bertz CT molecular complexity index is 1420. The van der Waals surface area contributed by atoms with E-state index in [9.17, 15) is 18.8 Å². The molecule has 2 aromatic heterocycles. The van der Waals surface area contributed by atoms with Gasteiger partial charge in [0.2, 0.25) is 17.8 Å². The lowest BCUT2D eigenvalue weighted by molar-refractivity contribution is -0.144. The molecule has 39 heavy (non-hydrogen) atoms. The first-order valence-corrected chi connectivity index (χ1v) is 13.1. The summed E-state index contributed by atoms with van der Waals surface area (Å²) in [6.07, 6.45) is 6.69. The third kappa shape index (κ3) is 5.48. The van der Waals surface area contributed by atoms with Crippen molar-refractivity contribution in [2.75, 3.05) is 5.32 Å². The van der Waals surface area contributed by atoms with E-state index in [1.165, 1.54) is 21.6 Å². The van der Waals surface area contributed by atoms with Crippen molar-refractivity contribution in [1.29, 1.82) is 0 Å². The average molecular weight is 557 g/mol. The van der Waals surface area contributed by atoms with Gasteiger partial charge in [0.25, 0.3) is 0 Å². The number of halogens is 2. The van der Waals surface area contributed by atoms with Gasteiger partial charge in [-0.05, 0) is 69.9 Å². The highest BCUT2D eigenvalue weighted by Gasteiger charge is 2.48. The van der Waals surface area contributed by atoms with E-state index in [0.717, 1.165) is 25.7 Å². The number of aromatic nitrogens is 4. The Kier molecular flexibility index (Phi) is 7.97. The molecule has 5 rings (SSSR count). The van der Waals surface area contributed by atoms with Crippen LogP contribution in [0.25, 0.3) is 17.1 Å². The van der Waals surface area contributed by atoms with Crippen LogP contribution in [0.4, 0.5) is 10.3 Å². The van der Waals surface area contributed by atoms with Crippen molar-refractivity contribution in [1.82, 2.24) is 24.0 Å². The predicted octanol–water partition coefficient (Wildman–Crippen LogP) is 4.75. The van der Waals surface area contributed by atoms with Crippen LogP contribution in [0.3, 0.4) is 0 Å². The molecule has 0 radical (unpaired) electrons. The number of imide groups is 1. The van der Waals surface area contributed by atoms with E-state index in [4.69, 9.17) is 4.98 Å². The van der Waals surface area contributed by atoms with Gasteiger partial charge in [0.15, 0.2) is 0 Å². The summed E-state index contributed by atoms with van der Waals surface area (Å²) in [5.41, 5.74) is 0.836. The minimum absolute atomic E-state index is 0. The van der Waals surface area contributed by atoms with Gasteiger partial charge in [-0.25, -0.2) is 19.2 Å². The number of nitrogens with zero attached hydrogens (tertiary/aromatic N) is 5. The number of amides is 2. The zero-order valence-corrected chi connectivity index (χ0v) is 23.4. The quantitative estimate of drug-likeness (QED) is 0.440. The van der Waals surface area contributed by atoms with E-state index in [0.29, 0.717) is 23.0 Å². The lowest BCUT2D eigenvalue weighted by Gasteiger charge is -2.34. The van der Waals surface area contributed by atoms with Crippen LogP contribution in [0.2, 0.25) is 0 Å². The maximum atomic E-state index is 13.6.